The molecular weight excluding hydrogens is 219 g/mol. The Hall–Kier alpha value is -0.970. The van der Waals surface area contributed by atoms with Crippen molar-refractivity contribution < 1.29 is 9.13 Å². The first kappa shape index (κ1) is 12.5. The molecule has 0 radical (unpaired) electrons. The first-order chi connectivity index (χ1) is 8.15. The predicted octanol–water partition coefficient (Wildman–Crippen LogP) is 1.77. The Morgan fingerprint density at radius 1 is 1.53 bits per heavy atom. The molecule has 0 aliphatic carbocycles. The van der Waals surface area contributed by atoms with Crippen molar-refractivity contribution in [3.8, 4) is 0 Å². The fourth-order valence-corrected chi connectivity index (χ4v) is 2.41. The molecule has 0 amide bonds. The van der Waals surface area contributed by atoms with Gasteiger partial charge in [0, 0.05) is 6.61 Å². The number of hydrogen-bond acceptors (Lipinski definition) is 3. The molecule has 0 bridgehead atoms. The van der Waals surface area contributed by atoms with Crippen molar-refractivity contribution in [2.75, 3.05) is 6.61 Å². The standard InChI is InChI=1S/C13H19FN2O/c1-13(7-4-8-17-13)12(16-15)9-10-5-2-3-6-11(10)14/h2-3,5-6,12,16H,4,7-9,15H2,1H3. The molecule has 1 aliphatic rings. The Morgan fingerprint density at radius 2 is 2.29 bits per heavy atom. The van der Waals surface area contributed by atoms with Gasteiger partial charge in [0.25, 0.3) is 0 Å². The van der Waals surface area contributed by atoms with Crippen LogP contribution in [0.25, 0.3) is 0 Å². The lowest BCUT2D eigenvalue weighted by atomic mass is 9.88. The summed E-state index contributed by atoms with van der Waals surface area (Å²) in [6.45, 7) is 2.79. The molecular formula is C13H19FN2O. The molecule has 1 saturated heterocycles. The van der Waals surface area contributed by atoms with Crippen LogP contribution in [0.15, 0.2) is 24.3 Å². The summed E-state index contributed by atoms with van der Waals surface area (Å²) in [5, 5.41) is 0. The molecule has 94 valence electrons. The molecule has 1 fully saturated rings. The van der Waals surface area contributed by atoms with Gasteiger partial charge in [-0.25, -0.2) is 4.39 Å². The van der Waals surface area contributed by atoms with Gasteiger partial charge in [0.1, 0.15) is 5.82 Å². The minimum absolute atomic E-state index is 0.0677. The number of nitrogens with one attached hydrogen (secondary N) is 1. The Morgan fingerprint density at radius 3 is 2.88 bits per heavy atom. The van der Waals surface area contributed by atoms with E-state index < -0.39 is 0 Å². The second-order valence-electron chi connectivity index (χ2n) is 4.78. The molecule has 1 aromatic carbocycles. The van der Waals surface area contributed by atoms with E-state index in [9.17, 15) is 4.39 Å². The van der Waals surface area contributed by atoms with Crippen molar-refractivity contribution in [1.29, 1.82) is 0 Å². The highest BCUT2D eigenvalue weighted by molar-refractivity contribution is 5.19. The van der Waals surface area contributed by atoms with E-state index in [1.165, 1.54) is 6.07 Å². The number of rotatable bonds is 4. The number of halogens is 1. The van der Waals surface area contributed by atoms with Crippen LogP contribution in [0.1, 0.15) is 25.3 Å². The largest absolute Gasteiger partial charge is 0.374 e. The Kier molecular flexibility index (Phi) is 3.76. The predicted molar refractivity (Wildman–Crippen MR) is 64.8 cm³/mol. The summed E-state index contributed by atoms with van der Waals surface area (Å²) in [6.07, 6.45) is 2.53. The van der Waals surface area contributed by atoms with Gasteiger partial charge in [-0.1, -0.05) is 18.2 Å². The first-order valence-corrected chi connectivity index (χ1v) is 5.99. The van der Waals surface area contributed by atoms with Gasteiger partial charge in [0.05, 0.1) is 11.6 Å². The number of benzene rings is 1. The van der Waals surface area contributed by atoms with Crippen LogP contribution in [-0.2, 0) is 11.2 Å². The summed E-state index contributed by atoms with van der Waals surface area (Å²) >= 11 is 0. The minimum atomic E-state index is -0.295. The number of hydrazine groups is 1. The fourth-order valence-electron chi connectivity index (χ4n) is 2.41. The minimum Gasteiger partial charge on any atom is -0.374 e. The second kappa shape index (κ2) is 5.12. The van der Waals surface area contributed by atoms with Gasteiger partial charge >= 0.3 is 0 Å². The molecule has 2 unspecified atom stereocenters. The molecule has 2 atom stereocenters. The highest BCUT2D eigenvalue weighted by Gasteiger charge is 2.38. The van der Waals surface area contributed by atoms with Crippen molar-refractivity contribution >= 4 is 0 Å². The Labute approximate surface area is 101 Å². The average molecular weight is 238 g/mol. The van der Waals surface area contributed by atoms with Gasteiger partial charge in [-0.3, -0.25) is 11.3 Å². The normalized spacial score (nSPS) is 26.1. The summed E-state index contributed by atoms with van der Waals surface area (Å²) in [5.74, 6) is 5.40. The van der Waals surface area contributed by atoms with E-state index in [1.807, 2.05) is 13.0 Å². The first-order valence-electron chi connectivity index (χ1n) is 5.99. The number of ether oxygens (including phenoxy) is 1. The van der Waals surface area contributed by atoms with E-state index in [0.717, 1.165) is 19.4 Å². The third-order valence-electron chi connectivity index (χ3n) is 3.57. The average Bonchev–Trinajstić information content (AvgIpc) is 2.76. The van der Waals surface area contributed by atoms with Crippen LogP contribution in [0.3, 0.4) is 0 Å². The summed E-state index contributed by atoms with van der Waals surface area (Å²) in [7, 11) is 0. The van der Waals surface area contributed by atoms with Crippen molar-refractivity contribution in [2.45, 2.75) is 37.8 Å². The zero-order valence-corrected chi connectivity index (χ0v) is 10.1. The van der Waals surface area contributed by atoms with E-state index in [1.54, 1.807) is 12.1 Å². The van der Waals surface area contributed by atoms with Gasteiger partial charge in [-0.05, 0) is 37.8 Å². The van der Waals surface area contributed by atoms with E-state index in [2.05, 4.69) is 5.43 Å². The Balaban J connectivity index is 2.12. The van der Waals surface area contributed by atoms with Crippen molar-refractivity contribution in [1.82, 2.24) is 5.43 Å². The quantitative estimate of drug-likeness (QED) is 0.621. The molecule has 4 heteroatoms. The monoisotopic (exact) mass is 238 g/mol. The molecule has 3 nitrogen and oxygen atoms in total. The maximum Gasteiger partial charge on any atom is 0.126 e. The lowest BCUT2D eigenvalue weighted by Gasteiger charge is -2.33. The van der Waals surface area contributed by atoms with Crippen LogP contribution in [-0.4, -0.2) is 18.2 Å². The number of hydrogen-bond donors (Lipinski definition) is 2. The smallest absolute Gasteiger partial charge is 0.126 e. The maximum absolute atomic E-state index is 13.6. The molecule has 1 aromatic rings. The molecule has 1 aliphatic heterocycles. The van der Waals surface area contributed by atoms with E-state index in [0.29, 0.717) is 12.0 Å². The van der Waals surface area contributed by atoms with Crippen LogP contribution in [0.5, 0.6) is 0 Å². The van der Waals surface area contributed by atoms with Crippen LogP contribution in [0.4, 0.5) is 4.39 Å². The summed E-state index contributed by atoms with van der Waals surface area (Å²) in [6, 6.07) is 6.72. The highest BCUT2D eigenvalue weighted by Crippen LogP contribution is 2.30. The van der Waals surface area contributed by atoms with Crippen molar-refractivity contribution in [3.63, 3.8) is 0 Å². The van der Waals surface area contributed by atoms with E-state index >= 15 is 0 Å². The molecule has 3 N–H and O–H groups in total. The lowest BCUT2D eigenvalue weighted by molar-refractivity contribution is -0.0116. The summed E-state index contributed by atoms with van der Waals surface area (Å²) in [5.41, 5.74) is 3.15. The van der Waals surface area contributed by atoms with Crippen LogP contribution in [0, 0.1) is 5.82 Å². The van der Waals surface area contributed by atoms with Gasteiger partial charge in [-0.15, -0.1) is 0 Å². The molecule has 0 spiro atoms. The van der Waals surface area contributed by atoms with Gasteiger partial charge in [0.2, 0.25) is 0 Å². The van der Waals surface area contributed by atoms with Crippen LogP contribution in [0.2, 0.25) is 0 Å². The number of nitrogens with two attached hydrogens (primary N) is 1. The Bertz CT molecular complexity index is 377. The van der Waals surface area contributed by atoms with Gasteiger partial charge < -0.3 is 4.74 Å². The van der Waals surface area contributed by atoms with Gasteiger partial charge in [-0.2, -0.15) is 0 Å². The zero-order chi connectivity index (χ0) is 12.3. The van der Waals surface area contributed by atoms with Crippen LogP contribution < -0.4 is 11.3 Å². The molecule has 17 heavy (non-hydrogen) atoms. The van der Waals surface area contributed by atoms with E-state index in [-0.39, 0.29) is 17.5 Å². The third kappa shape index (κ3) is 2.65. The van der Waals surface area contributed by atoms with Crippen molar-refractivity contribution in [2.24, 2.45) is 5.84 Å². The molecule has 1 heterocycles. The van der Waals surface area contributed by atoms with Crippen LogP contribution >= 0.6 is 0 Å². The van der Waals surface area contributed by atoms with Gasteiger partial charge in [0.15, 0.2) is 0 Å². The second-order valence-corrected chi connectivity index (χ2v) is 4.78. The summed E-state index contributed by atoms with van der Waals surface area (Å²) < 4.78 is 19.3. The maximum atomic E-state index is 13.6. The highest BCUT2D eigenvalue weighted by atomic mass is 19.1. The summed E-state index contributed by atoms with van der Waals surface area (Å²) in [4.78, 5) is 0. The fraction of sp³-hybridized carbons (Fsp3) is 0.538. The topological polar surface area (TPSA) is 47.3 Å². The zero-order valence-electron chi connectivity index (χ0n) is 10.1. The SMILES string of the molecule is CC1(C(Cc2ccccc2F)NN)CCCO1. The molecule has 0 saturated carbocycles. The lowest BCUT2D eigenvalue weighted by Crippen LogP contribution is -2.52. The van der Waals surface area contributed by atoms with Crippen molar-refractivity contribution in [3.05, 3.63) is 35.6 Å². The third-order valence-corrected chi connectivity index (χ3v) is 3.57. The molecule has 0 aromatic heterocycles. The van der Waals surface area contributed by atoms with E-state index in [4.69, 9.17) is 10.6 Å². The molecule has 2 rings (SSSR count).